The van der Waals surface area contributed by atoms with E-state index >= 15 is 0 Å². The van der Waals surface area contributed by atoms with Crippen molar-refractivity contribution in [3.63, 3.8) is 0 Å². The summed E-state index contributed by atoms with van der Waals surface area (Å²) >= 11 is 0. The van der Waals surface area contributed by atoms with Crippen molar-refractivity contribution >= 4 is 23.5 Å². The Morgan fingerprint density at radius 3 is 1.07 bits per heavy atom. The third kappa shape index (κ3) is 32.1. The average Bonchev–Trinajstić information content (AvgIpc) is 3.40. The lowest BCUT2D eigenvalue weighted by molar-refractivity contribution is -0.139. The Morgan fingerprint density at radius 1 is 0.500 bits per heavy atom. The first-order chi connectivity index (χ1) is 26.4. The Labute approximate surface area is 320 Å². The summed E-state index contributed by atoms with van der Waals surface area (Å²) in [5, 5.41) is 2.71. The van der Waals surface area contributed by atoms with Crippen molar-refractivity contribution in [2.75, 3.05) is 172 Å². The molecule has 0 aromatic heterocycles. The number of carbonyl (C=O) groups is 4. The molecule has 0 aliphatic carbocycles. The van der Waals surface area contributed by atoms with E-state index in [0.29, 0.717) is 172 Å². The fourth-order valence-corrected chi connectivity index (χ4v) is 4.38. The van der Waals surface area contributed by atoms with Gasteiger partial charge in [0.25, 0.3) is 0 Å². The monoisotopic (exact) mass is 782 g/mol. The van der Waals surface area contributed by atoms with Crippen LogP contribution in [-0.4, -0.2) is 200 Å². The molecule has 1 aliphatic rings. The van der Waals surface area contributed by atoms with Crippen LogP contribution in [0.2, 0.25) is 0 Å². The molecule has 316 valence electrons. The van der Waals surface area contributed by atoms with Gasteiger partial charge in [0.15, 0.2) is 0 Å². The number of amides is 3. The van der Waals surface area contributed by atoms with Gasteiger partial charge in [-0.25, -0.2) is 0 Å². The molecule has 0 aromatic carbocycles. The van der Waals surface area contributed by atoms with Gasteiger partial charge in [0.2, 0.25) is 17.7 Å². The summed E-state index contributed by atoms with van der Waals surface area (Å²) in [5.41, 5.74) is 0. The molecule has 0 saturated carbocycles. The molecule has 0 bridgehead atoms. The maximum absolute atomic E-state index is 11.9. The van der Waals surface area contributed by atoms with E-state index in [0.717, 1.165) is 4.90 Å². The largest absolute Gasteiger partial charge is 0.379 e. The van der Waals surface area contributed by atoms with Gasteiger partial charge < -0.3 is 62.2 Å². The van der Waals surface area contributed by atoms with Crippen LogP contribution in [0.5, 0.6) is 0 Å². The number of hydrogen-bond donors (Lipinski definition) is 1. The van der Waals surface area contributed by atoms with Gasteiger partial charge in [0, 0.05) is 38.3 Å². The fraction of sp³-hybridized carbons (Fsp3) is 0.889. The highest BCUT2D eigenvalue weighted by Crippen LogP contribution is 2.18. The second kappa shape index (κ2) is 37.7. The van der Waals surface area contributed by atoms with E-state index in [1.54, 1.807) is 13.8 Å². The lowest BCUT2D eigenvalue weighted by Gasteiger charge is -2.14. The van der Waals surface area contributed by atoms with Gasteiger partial charge in [-0.3, -0.25) is 24.1 Å². The van der Waals surface area contributed by atoms with Crippen LogP contribution in [-0.2, 0) is 76.0 Å². The van der Waals surface area contributed by atoms with Gasteiger partial charge in [-0.1, -0.05) is 6.92 Å². The van der Waals surface area contributed by atoms with Crippen molar-refractivity contribution in [1.82, 2.24) is 10.2 Å². The normalized spacial score (nSPS) is 14.4. The quantitative estimate of drug-likeness (QED) is 0.0645. The highest BCUT2D eigenvalue weighted by atomic mass is 16.6. The molecule has 1 N–H and O–H groups in total. The smallest absolute Gasteiger partial charge is 0.232 e. The molecular formula is C36H66N2O16. The Balaban J connectivity index is 1.65. The van der Waals surface area contributed by atoms with Crippen LogP contribution in [0.3, 0.4) is 0 Å². The molecule has 18 heteroatoms. The fourth-order valence-electron chi connectivity index (χ4n) is 4.38. The molecule has 1 saturated heterocycles. The summed E-state index contributed by atoms with van der Waals surface area (Å²) in [7, 11) is 0. The van der Waals surface area contributed by atoms with Crippen molar-refractivity contribution in [2.24, 2.45) is 5.92 Å². The predicted molar refractivity (Wildman–Crippen MR) is 193 cm³/mol. The Kier molecular flexibility index (Phi) is 34.8. The molecule has 18 nitrogen and oxygen atoms in total. The zero-order chi connectivity index (χ0) is 39.2. The van der Waals surface area contributed by atoms with E-state index in [1.165, 1.54) is 0 Å². The minimum Gasteiger partial charge on any atom is -0.379 e. The summed E-state index contributed by atoms with van der Waals surface area (Å²) in [6, 6.07) is 0. The number of Topliss-reactive ketones (excluding diaryl/α,β-unsaturated/α-hetero) is 1. The third-order valence-electron chi connectivity index (χ3n) is 7.29. The van der Waals surface area contributed by atoms with E-state index in [4.69, 9.17) is 56.8 Å². The maximum atomic E-state index is 11.9. The molecule has 0 aromatic rings. The molecular weight excluding hydrogens is 716 g/mol. The zero-order valence-electron chi connectivity index (χ0n) is 32.6. The van der Waals surface area contributed by atoms with E-state index in [2.05, 4.69) is 5.32 Å². The molecule has 0 spiro atoms. The van der Waals surface area contributed by atoms with Crippen LogP contribution >= 0.6 is 0 Å². The van der Waals surface area contributed by atoms with Crippen LogP contribution in [0.15, 0.2) is 0 Å². The van der Waals surface area contributed by atoms with Gasteiger partial charge in [-0.2, -0.15) is 0 Å². The zero-order valence-corrected chi connectivity index (χ0v) is 32.6. The minimum absolute atomic E-state index is 0.0823. The second-order valence-electron chi connectivity index (χ2n) is 11.9. The number of ether oxygens (including phenoxy) is 12. The Hall–Kier alpha value is -2.20. The van der Waals surface area contributed by atoms with Crippen LogP contribution in [0.4, 0.5) is 0 Å². The first-order valence-corrected chi connectivity index (χ1v) is 18.9. The van der Waals surface area contributed by atoms with Crippen LogP contribution in [0, 0.1) is 5.92 Å². The van der Waals surface area contributed by atoms with Gasteiger partial charge in [0.1, 0.15) is 5.78 Å². The number of nitrogens with zero attached hydrogens (tertiary/aromatic N) is 1. The molecule has 3 amide bonds. The van der Waals surface area contributed by atoms with Gasteiger partial charge in [0.05, 0.1) is 159 Å². The third-order valence-corrected chi connectivity index (χ3v) is 7.29. The number of nitrogens with one attached hydrogen (secondary N) is 1. The van der Waals surface area contributed by atoms with Gasteiger partial charge in [-0.15, -0.1) is 0 Å². The van der Waals surface area contributed by atoms with Crippen molar-refractivity contribution < 1.29 is 76.0 Å². The summed E-state index contributed by atoms with van der Waals surface area (Å²) in [6.07, 6.45) is 0.729. The number of imide groups is 1. The van der Waals surface area contributed by atoms with Crippen LogP contribution in [0.25, 0.3) is 0 Å². The molecule has 1 heterocycles. The van der Waals surface area contributed by atoms with E-state index in [1.807, 2.05) is 0 Å². The van der Waals surface area contributed by atoms with Crippen LogP contribution < -0.4 is 5.32 Å². The predicted octanol–water partition coefficient (Wildman–Crippen LogP) is 0.0660. The first kappa shape index (κ1) is 49.8. The molecule has 1 unspecified atom stereocenters. The second-order valence-corrected chi connectivity index (χ2v) is 11.9. The highest BCUT2D eigenvalue weighted by molar-refractivity contribution is 6.03. The van der Waals surface area contributed by atoms with Gasteiger partial charge >= 0.3 is 0 Å². The van der Waals surface area contributed by atoms with Crippen molar-refractivity contribution in [1.29, 1.82) is 0 Å². The van der Waals surface area contributed by atoms with Crippen molar-refractivity contribution in [2.45, 2.75) is 33.1 Å². The minimum atomic E-state index is -0.303. The molecule has 1 aliphatic heterocycles. The summed E-state index contributed by atoms with van der Waals surface area (Å²) in [6.45, 7) is 14.7. The van der Waals surface area contributed by atoms with E-state index in [-0.39, 0.29) is 48.8 Å². The van der Waals surface area contributed by atoms with Crippen molar-refractivity contribution in [3.05, 3.63) is 0 Å². The number of ketones is 1. The first-order valence-electron chi connectivity index (χ1n) is 18.9. The molecule has 1 rings (SSSR count). The molecule has 0 radical (unpaired) electrons. The summed E-state index contributed by atoms with van der Waals surface area (Å²) in [5.74, 6) is -0.850. The van der Waals surface area contributed by atoms with Crippen LogP contribution in [0.1, 0.15) is 33.1 Å². The van der Waals surface area contributed by atoms with E-state index < -0.39 is 0 Å². The van der Waals surface area contributed by atoms with E-state index in [9.17, 15) is 19.2 Å². The summed E-state index contributed by atoms with van der Waals surface area (Å²) in [4.78, 5) is 47.5. The lowest BCUT2D eigenvalue weighted by atomic mass is 10.1. The standard InChI is InChI=1S/C36H66N2O16/c1-32-31-35(41)38(36(32)42)6-3-34(40)37-5-8-44-10-12-46-14-16-48-18-20-50-22-24-52-26-28-54-30-29-53-27-25-51-23-21-49-19-17-47-15-13-45-11-9-43-7-4-33(2)39/h32H,3-31H2,1-2H3,(H,37,40). The molecule has 1 atom stereocenters. The highest BCUT2D eigenvalue weighted by Gasteiger charge is 2.35. The Bertz CT molecular complexity index is 931. The number of likely N-dealkylation sites (tertiary alicyclic amines) is 1. The maximum Gasteiger partial charge on any atom is 0.232 e. The summed E-state index contributed by atoms with van der Waals surface area (Å²) < 4.78 is 65.2. The average molecular weight is 783 g/mol. The van der Waals surface area contributed by atoms with Crippen molar-refractivity contribution in [3.8, 4) is 0 Å². The molecule has 1 fully saturated rings. The number of hydrogen-bond acceptors (Lipinski definition) is 16. The lowest BCUT2D eigenvalue weighted by Crippen LogP contribution is -2.35. The number of rotatable bonds is 42. The number of carbonyl (C=O) groups excluding carboxylic acids is 4. The topological polar surface area (TPSA) is 194 Å². The molecule has 54 heavy (non-hydrogen) atoms. The Morgan fingerprint density at radius 2 is 0.796 bits per heavy atom. The van der Waals surface area contributed by atoms with Gasteiger partial charge in [-0.05, 0) is 6.92 Å². The SMILES string of the molecule is CC(=O)CCOCCOCCOCCOCCOCCOCCOCCOCCOCCOCCOCCOCCNC(=O)CCN1C(=O)CC(C)C1=O.